The van der Waals surface area contributed by atoms with Crippen LogP contribution in [-0.4, -0.2) is 72.0 Å². The fourth-order valence-corrected chi connectivity index (χ4v) is 2.70. The standard InChI is InChI=1S/C15H22N6O2/c1-16-15(20-7-8-23-12(10-20)11-22-2)17-9-14-19-18-13-5-3-4-6-21(13)14/h3-6,12H,7-11H2,1-2H3,(H,16,17). The highest BCUT2D eigenvalue weighted by atomic mass is 16.5. The van der Waals surface area contributed by atoms with Crippen molar-refractivity contribution < 1.29 is 9.47 Å². The lowest BCUT2D eigenvalue weighted by Crippen LogP contribution is -2.51. The average molecular weight is 318 g/mol. The number of morpholine rings is 1. The van der Waals surface area contributed by atoms with E-state index < -0.39 is 0 Å². The van der Waals surface area contributed by atoms with Crippen molar-refractivity contribution in [3.8, 4) is 0 Å². The van der Waals surface area contributed by atoms with E-state index in [4.69, 9.17) is 9.47 Å². The molecule has 0 aromatic carbocycles. The number of methoxy groups -OCH3 is 1. The first-order valence-corrected chi connectivity index (χ1v) is 7.66. The summed E-state index contributed by atoms with van der Waals surface area (Å²) in [5.74, 6) is 1.69. The number of hydrogen-bond acceptors (Lipinski definition) is 5. The molecule has 3 rings (SSSR count). The zero-order valence-electron chi connectivity index (χ0n) is 13.5. The van der Waals surface area contributed by atoms with Gasteiger partial charge in [-0.15, -0.1) is 10.2 Å². The molecule has 1 aliphatic heterocycles. The maximum absolute atomic E-state index is 5.68. The number of pyridine rings is 1. The number of nitrogens with zero attached hydrogens (tertiary/aromatic N) is 5. The molecule has 2 aromatic heterocycles. The van der Waals surface area contributed by atoms with Crippen LogP contribution >= 0.6 is 0 Å². The number of rotatable bonds is 4. The van der Waals surface area contributed by atoms with Gasteiger partial charge >= 0.3 is 0 Å². The number of nitrogens with one attached hydrogen (secondary N) is 1. The minimum atomic E-state index is 0.0706. The first-order chi connectivity index (χ1) is 11.3. The second kappa shape index (κ2) is 7.38. The van der Waals surface area contributed by atoms with Gasteiger partial charge in [-0.2, -0.15) is 0 Å². The summed E-state index contributed by atoms with van der Waals surface area (Å²) < 4.78 is 12.8. The summed E-state index contributed by atoms with van der Waals surface area (Å²) in [6, 6.07) is 5.85. The summed E-state index contributed by atoms with van der Waals surface area (Å²) in [4.78, 5) is 6.54. The average Bonchev–Trinajstić information content (AvgIpc) is 3.00. The maximum Gasteiger partial charge on any atom is 0.194 e. The number of ether oxygens (including phenoxy) is 2. The number of aliphatic imine (C=N–C) groups is 1. The number of hydrogen-bond donors (Lipinski definition) is 1. The van der Waals surface area contributed by atoms with Crippen LogP contribution in [0.1, 0.15) is 5.82 Å². The Morgan fingerprint density at radius 3 is 3.22 bits per heavy atom. The molecule has 0 spiro atoms. The largest absolute Gasteiger partial charge is 0.382 e. The van der Waals surface area contributed by atoms with E-state index in [1.165, 1.54) is 0 Å². The molecule has 1 unspecified atom stereocenters. The smallest absolute Gasteiger partial charge is 0.194 e. The molecule has 0 bridgehead atoms. The summed E-state index contributed by atoms with van der Waals surface area (Å²) >= 11 is 0. The molecule has 3 heterocycles. The summed E-state index contributed by atoms with van der Waals surface area (Å²) in [5, 5.41) is 11.7. The normalized spacial score (nSPS) is 19.3. The van der Waals surface area contributed by atoms with Gasteiger partial charge in [0.15, 0.2) is 17.4 Å². The van der Waals surface area contributed by atoms with E-state index in [0.717, 1.165) is 30.5 Å². The monoisotopic (exact) mass is 318 g/mol. The van der Waals surface area contributed by atoms with Gasteiger partial charge in [0.05, 0.1) is 25.9 Å². The van der Waals surface area contributed by atoms with Crippen LogP contribution in [0.4, 0.5) is 0 Å². The highest BCUT2D eigenvalue weighted by molar-refractivity contribution is 5.79. The van der Waals surface area contributed by atoms with Crippen LogP contribution in [-0.2, 0) is 16.0 Å². The Kier molecular flexibility index (Phi) is 5.04. The predicted molar refractivity (Wildman–Crippen MR) is 86.4 cm³/mol. The Morgan fingerprint density at radius 2 is 2.39 bits per heavy atom. The summed E-state index contributed by atoms with van der Waals surface area (Å²) in [7, 11) is 3.47. The molecule has 1 saturated heterocycles. The Labute approximate surface area is 135 Å². The lowest BCUT2D eigenvalue weighted by atomic mass is 10.3. The van der Waals surface area contributed by atoms with Crippen LogP contribution in [0.25, 0.3) is 5.65 Å². The van der Waals surface area contributed by atoms with Crippen LogP contribution in [0.5, 0.6) is 0 Å². The molecule has 8 nitrogen and oxygen atoms in total. The molecule has 0 radical (unpaired) electrons. The molecule has 2 aromatic rings. The predicted octanol–water partition coefficient (Wildman–Crippen LogP) is 0.152. The van der Waals surface area contributed by atoms with Crippen molar-refractivity contribution in [2.45, 2.75) is 12.6 Å². The Morgan fingerprint density at radius 1 is 1.48 bits per heavy atom. The van der Waals surface area contributed by atoms with Gasteiger partial charge in [0.2, 0.25) is 0 Å². The van der Waals surface area contributed by atoms with Gasteiger partial charge in [0.1, 0.15) is 0 Å². The van der Waals surface area contributed by atoms with Gasteiger partial charge in [-0.05, 0) is 12.1 Å². The Bertz CT molecular complexity index is 669. The van der Waals surface area contributed by atoms with Gasteiger partial charge in [-0.3, -0.25) is 9.39 Å². The van der Waals surface area contributed by atoms with E-state index in [0.29, 0.717) is 19.8 Å². The van der Waals surface area contributed by atoms with Gasteiger partial charge in [0.25, 0.3) is 0 Å². The molecule has 0 saturated carbocycles. The second-order valence-electron chi connectivity index (χ2n) is 5.34. The van der Waals surface area contributed by atoms with Crippen molar-refractivity contribution in [3.05, 3.63) is 30.2 Å². The van der Waals surface area contributed by atoms with E-state index in [2.05, 4.69) is 25.4 Å². The lowest BCUT2D eigenvalue weighted by molar-refractivity contribution is -0.0447. The summed E-state index contributed by atoms with van der Waals surface area (Å²) in [6.07, 6.45) is 2.03. The molecular weight excluding hydrogens is 296 g/mol. The number of guanidine groups is 1. The topological polar surface area (TPSA) is 76.3 Å². The van der Waals surface area contributed by atoms with Gasteiger partial charge in [-0.1, -0.05) is 6.07 Å². The van der Waals surface area contributed by atoms with Crippen molar-refractivity contribution in [1.29, 1.82) is 0 Å². The van der Waals surface area contributed by atoms with Crippen LogP contribution < -0.4 is 5.32 Å². The van der Waals surface area contributed by atoms with E-state index in [9.17, 15) is 0 Å². The molecule has 124 valence electrons. The molecule has 23 heavy (non-hydrogen) atoms. The third-order valence-corrected chi connectivity index (χ3v) is 3.79. The second-order valence-corrected chi connectivity index (χ2v) is 5.34. The van der Waals surface area contributed by atoms with E-state index in [1.807, 2.05) is 28.8 Å². The minimum Gasteiger partial charge on any atom is -0.382 e. The molecular formula is C15H22N6O2. The van der Waals surface area contributed by atoms with Crippen molar-refractivity contribution in [3.63, 3.8) is 0 Å². The quantitative estimate of drug-likeness (QED) is 0.639. The number of fused-ring (bicyclic) bond motifs is 1. The van der Waals surface area contributed by atoms with Gasteiger partial charge in [-0.25, -0.2) is 0 Å². The molecule has 1 aliphatic rings. The fourth-order valence-electron chi connectivity index (χ4n) is 2.70. The SMILES string of the molecule is CN=C(NCc1nnc2ccccn12)N1CCOC(COC)C1. The Balaban J connectivity index is 1.63. The van der Waals surface area contributed by atoms with Crippen LogP contribution in [0, 0.1) is 0 Å². The molecule has 1 N–H and O–H groups in total. The number of aromatic nitrogens is 3. The van der Waals surface area contributed by atoms with E-state index in [-0.39, 0.29) is 6.10 Å². The maximum atomic E-state index is 5.68. The van der Waals surface area contributed by atoms with Crippen molar-refractivity contribution in [1.82, 2.24) is 24.8 Å². The van der Waals surface area contributed by atoms with Crippen molar-refractivity contribution >= 4 is 11.6 Å². The third-order valence-electron chi connectivity index (χ3n) is 3.79. The summed E-state index contributed by atoms with van der Waals surface area (Å²) in [5.41, 5.74) is 0.839. The molecule has 0 amide bonds. The van der Waals surface area contributed by atoms with Crippen molar-refractivity contribution in [2.24, 2.45) is 4.99 Å². The fraction of sp³-hybridized carbons (Fsp3) is 0.533. The molecule has 0 aliphatic carbocycles. The van der Waals surface area contributed by atoms with E-state index >= 15 is 0 Å². The highest BCUT2D eigenvalue weighted by Gasteiger charge is 2.22. The minimum absolute atomic E-state index is 0.0706. The molecule has 8 heteroatoms. The summed E-state index contributed by atoms with van der Waals surface area (Å²) in [6.45, 7) is 3.38. The first kappa shape index (κ1) is 15.7. The zero-order valence-corrected chi connectivity index (χ0v) is 13.5. The van der Waals surface area contributed by atoms with Crippen LogP contribution in [0.3, 0.4) is 0 Å². The van der Waals surface area contributed by atoms with Crippen molar-refractivity contribution in [2.75, 3.05) is 40.5 Å². The Hall–Kier alpha value is -2.19. The van der Waals surface area contributed by atoms with Crippen LogP contribution in [0.2, 0.25) is 0 Å². The molecule has 1 atom stereocenters. The van der Waals surface area contributed by atoms with Gasteiger partial charge < -0.3 is 19.7 Å². The third kappa shape index (κ3) is 3.59. The first-order valence-electron chi connectivity index (χ1n) is 7.66. The van der Waals surface area contributed by atoms with Crippen LogP contribution in [0.15, 0.2) is 29.4 Å². The van der Waals surface area contributed by atoms with E-state index in [1.54, 1.807) is 14.2 Å². The lowest BCUT2D eigenvalue weighted by Gasteiger charge is -2.34. The molecule has 1 fully saturated rings. The highest BCUT2D eigenvalue weighted by Crippen LogP contribution is 2.07. The van der Waals surface area contributed by atoms with Gasteiger partial charge in [0, 0.05) is 33.4 Å². The zero-order chi connectivity index (χ0) is 16.1.